The van der Waals surface area contributed by atoms with E-state index in [0.717, 1.165) is 39.3 Å². The fourth-order valence-corrected chi connectivity index (χ4v) is 3.86. The van der Waals surface area contributed by atoms with Gasteiger partial charge in [0.2, 0.25) is 0 Å². The van der Waals surface area contributed by atoms with Gasteiger partial charge in [0.15, 0.2) is 0 Å². The molecule has 0 saturated heterocycles. The number of nitrogen functional groups attached to an aromatic ring is 1. The van der Waals surface area contributed by atoms with E-state index in [1.54, 1.807) is 7.11 Å². The van der Waals surface area contributed by atoms with Crippen molar-refractivity contribution >= 4 is 16.9 Å². The van der Waals surface area contributed by atoms with Gasteiger partial charge in [-0.3, -0.25) is 4.57 Å². The molecule has 4 rings (SSSR count). The Hall–Kier alpha value is -3.00. The molecule has 2 heterocycles. The molecule has 5 nitrogen and oxygen atoms in total. The van der Waals surface area contributed by atoms with E-state index < -0.39 is 0 Å². The minimum atomic E-state index is 0.432. The molecule has 0 bridgehead atoms. The van der Waals surface area contributed by atoms with Crippen LogP contribution < -0.4 is 10.5 Å². The van der Waals surface area contributed by atoms with E-state index in [1.165, 1.54) is 18.4 Å². The predicted molar refractivity (Wildman–Crippen MR) is 103 cm³/mol. The van der Waals surface area contributed by atoms with Gasteiger partial charge in [0.1, 0.15) is 28.8 Å². The fourth-order valence-electron chi connectivity index (χ4n) is 3.86. The zero-order valence-corrected chi connectivity index (χ0v) is 15.6. The summed E-state index contributed by atoms with van der Waals surface area (Å²) in [6, 6.07) is 8.35. The molecule has 0 atom stereocenters. The van der Waals surface area contributed by atoms with Gasteiger partial charge in [0.05, 0.1) is 12.8 Å². The van der Waals surface area contributed by atoms with Crippen LogP contribution in [0.2, 0.25) is 0 Å². The largest absolute Gasteiger partial charge is 0.496 e. The zero-order valence-electron chi connectivity index (χ0n) is 15.6. The van der Waals surface area contributed by atoms with Gasteiger partial charge in [-0.2, -0.15) is 5.26 Å². The number of rotatable bonds is 3. The highest BCUT2D eigenvalue weighted by molar-refractivity contribution is 5.92. The molecule has 1 aliphatic carbocycles. The van der Waals surface area contributed by atoms with Crippen LogP contribution in [-0.4, -0.2) is 16.7 Å². The van der Waals surface area contributed by atoms with Crippen LogP contribution in [0.1, 0.15) is 46.7 Å². The average molecular weight is 346 g/mol. The number of hydrogen-bond acceptors (Lipinski definition) is 4. The van der Waals surface area contributed by atoms with Crippen molar-refractivity contribution in [2.45, 2.75) is 39.5 Å². The van der Waals surface area contributed by atoms with E-state index in [9.17, 15) is 5.26 Å². The normalized spacial score (nSPS) is 13.8. The number of nitriles is 1. The third-order valence-electron chi connectivity index (χ3n) is 5.37. The molecular formula is C21H22N4O. The monoisotopic (exact) mass is 346 g/mol. The van der Waals surface area contributed by atoms with Crippen molar-refractivity contribution in [2.75, 3.05) is 12.8 Å². The Balaban J connectivity index is 2.10. The lowest BCUT2D eigenvalue weighted by Gasteiger charge is -2.17. The number of pyridine rings is 1. The topological polar surface area (TPSA) is 76.9 Å². The van der Waals surface area contributed by atoms with Crippen molar-refractivity contribution in [3.8, 4) is 17.5 Å². The molecule has 1 fully saturated rings. The molecule has 0 radical (unpaired) electrons. The molecular weight excluding hydrogens is 324 g/mol. The molecule has 1 saturated carbocycles. The Morgan fingerprint density at radius 3 is 2.62 bits per heavy atom. The minimum Gasteiger partial charge on any atom is -0.496 e. The Bertz CT molecular complexity index is 1080. The van der Waals surface area contributed by atoms with E-state index in [-0.39, 0.29) is 0 Å². The first kappa shape index (κ1) is 16.5. The van der Waals surface area contributed by atoms with Crippen LogP contribution >= 0.6 is 0 Å². The van der Waals surface area contributed by atoms with Gasteiger partial charge >= 0.3 is 0 Å². The number of ether oxygens (including phenoxy) is 1. The minimum absolute atomic E-state index is 0.432. The van der Waals surface area contributed by atoms with E-state index >= 15 is 0 Å². The number of hydrogen-bond donors (Lipinski definition) is 1. The maximum atomic E-state index is 9.73. The number of benzene rings is 1. The Morgan fingerprint density at radius 2 is 2.00 bits per heavy atom. The van der Waals surface area contributed by atoms with Crippen LogP contribution in [0.15, 0.2) is 18.2 Å². The van der Waals surface area contributed by atoms with Crippen LogP contribution in [-0.2, 0) is 0 Å². The van der Waals surface area contributed by atoms with Gasteiger partial charge in [-0.1, -0.05) is 6.07 Å². The molecule has 1 aromatic carbocycles. The second-order valence-corrected chi connectivity index (χ2v) is 7.07. The molecule has 0 amide bonds. The summed E-state index contributed by atoms with van der Waals surface area (Å²) in [4.78, 5) is 4.87. The predicted octanol–water partition coefficient (Wildman–Crippen LogP) is 4.29. The SMILES string of the molecule is COc1ccc(C)c(-n2c(N)c(C#N)c3cc(C4CC4)c(C)nc32)c1C. The summed E-state index contributed by atoms with van der Waals surface area (Å²) < 4.78 is 7.40. The molecule has 5 heteroatoms. The Labute approximate surface area is 153 Å². The maximum absolute atomic E-state index is 9.73. The molecule has 0 aliphatic heterocycles. The van der Waals surface area contributed by atoms with Crippen LogP contribution in [0.25, 0.3) is 16.7 Å². The first-order valence-electron chi connectivity index (χ1n) is 8.84. The van der Waals surface area contributed by atoms with E-state index in [1.807, 2.05) is 37.5 Å². The summed E-state index contributed by atoms with van der Waals surface area (Å²) in [5, 5.41) is 10.6. The van der Waals surface area contributed by atoms with Gasteiger partial charge in [0.25, 0.3) is 0 Å². The summed E-state index contributed by atoms with van der Waals surface area (Å²) in [5.74, 6) is 1.79. The highest BCUT2D eigenvalue weighted by Gasteiger charge is 2.28. The highest BCUT2D eigenvalue weighted by Crippen LogP contribution is 2.44. The van der Waals surface area contributed by atoms with Gasteiger partial charge in [-0.25, -0.2) is 4.98 Å². The molecule has 3 aromatic rings. The quantitative estimate of drug-likeness (QED) is 0.767. The van der Waals surface area contributed by atoms with Gasteiger partial charge in [-0.05, 0) is 62.8 Å². The van der Waals surface area contributed by atoms with Crippen LogP contribution in [0.3, 0.4) is 0 Å². The number of nitrogens with two attached hydrogens (primary N) is 1. The maximum Gasteiger partial charge on any atom is 0.147 e. The van der Waals surface area contributed by atoms with Crippen molar-refractivity contribution in [2.24, 2.45) is 0 Å². The lowest BCUT2D eigenvalue weighted by Crippen LogP contribution is -2.07. The average Bonchev–Trinajstić information content (AvgIpc) is 3.41. The van der Waals surface area contributed by atoms with Gasteiger partial charge < -0.3 is 10.5 Å². The summed E-state index contributed by atoms with van der Waals surface area (Å²) in [5.41, 5.74) is 12.9. The van der Waals surface area contributed by atoms with Crippen molar-refractivity contribution in [1.29, 1.82) is 5.26 Å². The zero-order chi connectivity index (χ0) is 18.6. The Morgan fingerprint density at radius 1 is 1.27 bits per heavy atom. The molecule has 0 unspecified atom stereocenters. The van der Waals surface area contributed by atoms with Crippen molar-refractivity contribution in [3.05, 3.63) is 46.1 Å². The third kappa shape index (κ3) is 2.26. The highest BCUT2D eigenvalue weighted by atomic mass is 16.5. The van der Waals surface area contributed by atoms with E-state index in [2.05, 4.69) is 12.1 Å². The number of aryl methyl sites for hydroxylation is 2. The molecule has 0 spiro atoms. The lowest BCUT2D eigenvalue weighted by atomic mass is 10.1. The van der Waals surface area contributed by atoms with Gasteiger partial charge in [-0.15, -0.1) is 0 Å². The summed E-state index contributed by atoms with van der Waals surface area (Å²) in [7, 11) is 1.66. The van der Waals surface area contributed by atoms with Crippen LogP contribution in [0.4, 0.5) is 5.82 Å². The smallest absolute Gasteiger partial charge is 0.147 e. The molecule has 1 aliphatic rings. The molecule has 2 N–H and O–H groups in total. The number of anilines is 1. The first-order chi connectivity index (χ1) is 12.5. The molecule has 26 heavy (non-hydrogen) atoms. The second kappa shape index (κ2) is 5.77. The van der Waals surface area contributed by atoms with Crippen LogP contribution in [0, 0.1) is 32.1 Å². The van der Waals surface area contributed by atoms with E-state index in [4.69, 9.17) is 15.5 Å². The second-order valence-electron chi connectivity index (χ2n) is 7.07. The molecule has 2 aromatic heterocycles. The fraction of sp³-hybridized carbons (Fsp3) is 0.333. The summed E-state index contributed by atoms with van der Waals surface area (Å²) in [6.07, 6.45) is 2.39. The summed E-state index contributed by atoms with van der Waals surface area (Å²) >= 11 is 0. The van der Waals surface area contributed by atoms with Crippen molar-refractivity contribution in [3.63, 3.8) is 0 Å². The van der Waals surface area contributed by atoms with E-state index in [0.29, 0.717) is 17.3 Å². The first-order valence-corrected chi connectivity index (χ1v) is 8.84. The van der Waals surface area contributed by atoms with Crippen LogP contribution in [0.5, 0.6) is 5.75 Å². The lowest BCUT2D eigenvalue weighted by molar-refractivity contribution is 0.411. The number of methoxy groups -OCH3 is 1. The standard InChI is InChI=1S/C21H22N4O/c1-11-5-8-18(26-4)12(2)19(11)25-20(23)17(10-22)16-9-15(14-6-7-14)13(3)24-21(16)25/h5,8-9,14H,6-7,23H2,1-4H3. The number of nitrogens with zero attached hydrogens (tertiary/aromatic N) is 3. The summed E-state index contributed by atoms with van der Waals surface area (Å²) in [6.45, 7) is 6.08. The number of aromatic nitrogens is 2. The van der Waals surface area contributed by atoms with Crippen molar-refractivity contribution < 1.29 is 4.74 Å². The van der Waals surface area contributed by atoms with Crippen molar-refractivity contribution in [1.82, 2.24) is 9.55 Å². The third-order valence-corrected chi connectivity index (χ3v) is 5.37. The Kier molecular flexibility index (Phi) is 3.66. The van der Waals surface area contributed by atoms with Gasteiger partial charge in [0, 0.05) is 16.6 Å². The molecule has 132 valence electrons. The number of fused-ring (bicyclic) bond motifs is 1.